The Morgan fingerprint density at radius 2 is 2.15 bits per heavy atom. The molecule has 0 saturated heterocycles. The molecule has 20 heavy (non-hydrogen) atoms. The number of rotatable bonds is 8. The lowest BCUT2D eigenvalue weighted by molar-refractivity contribution is -0.124. The molecule has 1 amide bonds. The lowest BCUT2D eigenvalue weighted by Gasteiger charge is -2.11. The summed E-state index contributed by atoms with van der Waals surface area (Å²) in [5, 5.41) is 11.8. The van der Waals surface area contributed by atoms with Crippen LogP contribution in [-0.2, 0) is 11.2 Å². The van der Waals surface area contributed by atoms with Crippen LogP contribution in [-0.4, -0.2) is 30.1 Å². The number of hydrogen-bond acceptors (Lipinski definition) is 3. The largest absolute Gasteiger partial charge is 0.478 e. The first kappa shape index (κ1) is 16.2. The number of amides is 1. The summed E-state index contributed by atoms with van der Waals surface area (Å²) in [5.41, 5.74) is 6.58. The summed E-state index contributed by atoms with van der Waals surface area (Å²) in [6.07, 6.45) is 2.25. The average Bonchev–Trinajstić information content (AvgIpc) is 2.44. The first-order valence-corrected chi connectivity index (χ1v) is 6.84. The number of nitrogens with one attached hydrogen (secondary N) is 1. The van der Waals surface area contributed by atoms with Crippen LogP contribution in [0.5, 0.6) is 0 Å². The quantitative estimate of drug-likeness (QED) is 0.670. The van der Waals surface area contributed by atoms with Crippen LogP contribution in [0.25, 0.3) is 0 Å². The van der Waals surface area contributed by atoms with Gasteiger partial charge in [-0.15, -0.1) is 0 Å². The number of carboxylic acids is 1. The molecule has 0 radical (unpaired) electrons. The van der Waals surface area contributed by atoms with Gasteiger partial charge in [0.1, 0.15) is 0 Å². The minimum atomic E-state index is -0.939. The number of carbonyl (C=O) groups is 2. The monoisotopic (exact) mass is 278 g/mol. The highest BCUT2D eigenvalue weighted by molar-refractivity contribution is 5.87. The lowest BCUT2D eigenvalue weighted by Crippen LogP contribution is -2.31. The third kappa shape index (κ3) is 5.40. The molecule has 5 nitrogen and oxygen atoms in total. The molecule has 1 aromatic carbocycles. The molecule has 0 heterocycles. The SMILES string of the molecule is CC(CCCN)C(=O)NCCc1cccc(C(=O)O)c1. The van der Waals surface area contributed by atoms with E-state index in [-0.39, 0.29) is 17.4 Å². The van der Waals surface area contributed by atoms with Gasteiger partial charge in [0.25, 0.3) is 0 Å². The van der Waals surface area contributed by atoms with Gasteiger partial charge in [-0.2, -0.15) is 0 Å². The van der Waals surface area contributed by atoms with Crippen molar-refractivity contribution in [3.8, 4) is 0 Å². The molecule has 0 saturated carbocycles. The zero-order valence-electron chi connectivity index (χ0n) is 11.8. The zero-order chi connectivity index (χ0) is 15.0. The van der Waals surface area contributed by atoms with Gasteiger partial charge in [0.15, 0.2) is 0 Å². The maximum absolute atomic E-state index is 11.8. The smallest absolute Gasteiger partial charge is 0.335 e. The van der Waals surface area contributed by atoms with Crippen molar-refractivity contribution in [2.45, 2.75) is 26.2 Å². The molecule has 0 aliphatic heterocycles. The van der Waals surface area contributed by atoms with Crippen LogP contribution < -0.4 is 11.1 Å². The van der Waals surface area contributed by atoms with E-state index < -0.39 is 5.97 Å². The van der Waals surface area contributed by atoms with Crippen LogP contribution in [0, 0.1) is 5.92 Å². The van der Waals surface area contributed by atoms with Crippen molar-refractivity contribution in [1.82, 2.24) is 5.32 Å². The van der Waals surface area contributed by atoms with Gasteiger partial charge >= 0.3 is 5.97 Å². The summed E-state index contributed by atoms with van der Waals surface area (Å²) in [6.45, 7) is 2.99. The van der Waals surface area contributed by atoms with Gasteiger partial charge in [-0.25, -0.2) is 4.79 Å². The molecule has 4 N–H and O–H groups in total. The van der Waals surface area contributed by atoms with E-state index in [1.165, 1.54) is 0 Å². The number of hydrogen-bond donors (Lipinski definition) is 3. The Labute approximate surface area is 119 Å². The van der Waals surface area contributed by atoms with E-state index in [1.807, 2.05) is 13.0 Å². The first-order chi connectivity index (χ1) is 9.54. The van der Waals surface area contributed by atoms with Gasteiger partial charge in [-0.3, -0.25) is 4.79 Å². The Morgan fingerprint density at radius 1 is 1.40 bits per heavy atom. The van der Waals surface area contributed by atoms with E-state index in [0.29, 0.717) is 19.5 Å². The van der Waals surface area contributed by atoms with E-state index in [1.54, 1.807) is 18.2 Å². The van der Waals surface area contributed by atoms with Crippen molar-refractivity contribution in [2.24, 2.45) is 11.7 Å². The molecular formula is C15H22N2O3. The van der Waals surface area contributed by atoms with Crippen LogP contribution in [0.15, 0.2) is 24.3 Å². The number of carboxylic acid groups (broad SMARTS) is 1. The van der Waals surface area contributed by atoms with Crippen molar-refractivity contribution in [3.63, 3.8) is 0 Å². The number of nitrogens with two attached hydrogens (primary N) is 1. The van der Waals surface area contributed by atoms with Gasteiger partial charge in [0.2, 0.25) is 5.91 Å². The Hall–Kier alpha value is -1.88. The highest BCUT2D eigenvalue weighted by atomic mass is 16.4. The van der Waals surface area contributed by atoms with Gasteiger partial charge in [-0.05, 0) is 43.5 Å². The lowest BCUT2D eigenvalue weighted by atomic mass is 10.0. The molecule has 1 atom stereocenters. The summed E-state index contributed by atoms with van der Waals surface area (Å²) in [5.74, 6) is -0.956. The van der Waals surface area contributed by atoms with Crippen LogP contribution >= 0.6 is 0 Å². The average molecular weight is 278 g/mol. The van der Waals surface area contributed by atoms with E-state index in [0.717, 1.165) is 18.4 Å². The zero-order valence-corrected chi connectivity index (χ0v) is 11.8. The Bertz CT molecular complexity index is 460. The van der Waals surface area contributed by atoms with Gasteiger partial charge in [0, 0.05) is 12.5 Å². The van der Waals surface area contributed by atoms with E-state index in [9.17, 15) is 9.59 Å². The fourth-order valence-electron chi connectivity index (χ4n) is 1.92. The molecule has 0 bridgehead atoms. The normalized spacial score (nSPS) is 11.9. The second-order valence-corrected chi connectivity index (χ2v) is 4.88. The second-order valence-electron chi connectivity index (χ2n) is 4.88. The third-order valence-electron chi connectivity index (χ3n) is 3.18. The van der Waals surface area contributed by atoms with Gasteiger partial charge in [0.05, 0.1) is 5.56 Å². The van der Waals surface area contributed by atoms with Crippen molar-refractivity contribution in [2.75, 3.05) is 13.1 Å². The van der Waals surface area contributed by atoms with E-state index >= 15 is 0 Å². The number of benzene rings is 1. The van der Waals surface area contributed by atoms with E-state index in [2.05, 4.69) is 5.32 Å². The molecule has 1 rings (SSSR count). The Kier molecular flexibility index (Phi) is 6.73. The molecule has 5 heteroatoms. The highest BCUT2D eigenvalue weighted by Gasteiger charge is 2.11. The summed E-state index contributed by atoms with van der Waals surface area (Å²) in [4.78, 5) is 22.6. The molecule has 110 valence electrons. The maximum atomic E-state index is 11.8. The Balaban J connectivity index is 2.38. The van der Waals surface area contributed by atoms with Crippen molar-refractivity contribution in [1.29, 1.82) is 0 Å². The summed E-state index contributed by atoms with van der Waals surface area (Å²) < 4.78 is 0. The predicted octanol–water partition coefficient (Wildman–Crippen LogP) is 1.42. The maximum Gasteiger partial charge on any atom is 0.335 e. The van der Waals surface area contributed by atoms with E-state index in [4.69, 9.17) is 10.8 Å². The summed E-state index contributed by atoms with van der Waals surface area (Å²) >= 11 is 0. The van der Waals surface area contributed by atoms with Crippen LogP contribution in [0.1, 0.15) is 35.7 Å². The van der Waals surface area contributed by atoms with Gasteiger partial charge in [-0.1, -0.05) is 19.1 Å². The second kappa shape index (κ2) is 8.32. The van der Waals surface area contributed by atoms with Gasteiger partial charge < -0.3 is 16.2 Å². The fourth-order valence-corrected chi connectivity index (χ4v) is 1.92. The summed E-state index contributed by atoms with van der Waals surface area (Å²) in [6, 6.07) is 6.76. The fraction of sp³-hybridized carbons (Fsp3) is 0.467. The molecule has 0 aliphatic carbocycles. The molecule has 0 spiro atoms. The summed E-state index contributed by atoms with van der Waals surface area (Å²) in [7, 11) is 0. The molecule has 1 aromatic rings. The van der Waals surface area contributed by atoms with Crippen molar-refractivity contribution in [3.05, 3.63) is 35.4 Å². The topological polar surface area (TPSA) is 92.4 Å². The molecule has 0 aromatic heterocycles. The van der Waals surface area contributed by atoms with Crippen LogP contribution in [0.2, 0.25) is 0 Å². The minimum absolute atomic E-state index is 0.0211. The first-order valence-electron chi connectivity index (χ1n) is 6.84. The standard InChI is InChI=1S/C15H22N2O3/c1-11(4-3-8-16)14(18)17-9-7-12-5-2-6-13(10-12)15(19)20/h2,5-6,10-11H,3-4,7-9,16H2,1H3,(H,17,18)(H,19,20). The predicted molar refractivity (Wildman–Crippen MR) is 77.6 cm³/mol. The molecule has 1 unspecified atom stereocenters. The van der Waals surface area contributed by atoms with Crippen LogP contribution in [0.3, 0.4) is 0 Å². The Morgan fingerprint density at radius 3 is 2.80 bits per heavy atom. The third-order valence-corrected chi connectivity index (χ3v) is 3.18. The van der Waals surface area contributed by atoms with Crippen molar-refractivity contribution >= 4 is 11.9 Å². The highest BCUT2D eigenvalue weighted by Crippen LogP contribution is 2.07. The minimum Gasteiger partial charge on any atom is -0.478 e. The molecular weight excluding hydrogens is 256 g/mol. The van der Waals surface area contributed by atoms with Crippen molar-refractivity contribution < 1.29 is 14.7 Å². The number of aromatic carboxylic acids is 1. The number of carbonyl (C=O) groups excluding carboxylic acids is 1. The molecule has 0 aliphatic rings. The van der Waals surface area contributed by atoms with Crippen LogP contribution in [0.4, 0.5) is 0 Å². The molecule has 0 fully saturated rings.